The van der Waals surface area contributed by atoms with Gasteiger partial charge in [-0.3, -0.25) is 4.79 Å². The number of methoxy groups -OCH3 is 1. The minimum absolute atomic E-state index is 0.0479. The zero-order valence-electron chi connectivity index (χ0n) is 16.1. The summed E-state index contributed by atoms with van der Waals surface area (Å²) in [5, 5.41) is 3.38. The van der Waals surface area contributed by atoms with Crippen LogP contribution in [0.2, 0.25) is 0 Å². The summed E-state index contributed by atoms with van der Waals surface area (Å²) in [6.45, 7) is -0.574. The van der Waals surface area contributed by atoms with Crippen LogP contribution >= 0.6 is 11.3 Å². The van der Waals surface area contributed by atoms with Crippen LogP contribution in [-0.4, -0.2) is 34.6 Å². The summed E-state index contributed by atoms with van der Waals surface area (Å²) in [7, 11) is -2.28. The van der Waals surface area contributed by atoms with E-state index in [4.69, 9.17) is 9.47 Å². The summed E-state index contributed by atoms with van der Waals surface area (Å²) in [4.78, 5) is 12.9. The van der Waals surface area contributed by atoms with Crippen molar-refractivity contribution in [3.05, 3.63) is 76.7 Å². The van der Waals surface area contributed by atoms with Gasteiger partial charge in [-0.25, -0.2) is 12.8 Å². The Balaban J connectivity index is 1.71. The van der Waals surface area contributed by atoms with Gasteiger partial charge in [0.1, 0.15) is 11.0 Å². The maximum Gasteiger partial charge on any atom is 0.257 e. The largest absolute Gasteiger partial charge is 0.497 e. The number of halogens is 1. The molecule has 0 bridgehead atoms. The van der Waals surface area contributed by atoms with E-state index in [2.05, 4.69) is 5.32 Å². The summed E-state index contributed by atoms with van der Waals surface area (Å²) in [5.41, 5.74) is 0. The summed E-state index contributed by atoms with van der Waals surface area (Å²) in [6.07, 6.45) is 0. The summed E-state index contributed by atoms with van der Waals surface area (Å²) in [6, 6.07) is 15.3. The van der Waals surface area contributed by atoms with E-state index in [0.717, 1.165) is 0 Å². The highest BCUT2D eigenvalue weighted by Gasteiger charge is 2.30. The molecule has 1 amide bonds. The van der Waals surface area contributed by atoms with Crippen LogP contribution in [0.1, 0.15) is 10.1 Å². The first-order valence-corrected chi connectivity index (χ1v) is 11.4. The monoisotopic (exact) mass is 449 g/mol. The summed E-state index contributed by atoms with van der Waals surface area (Å²) in [5.74, 6) is -0.637. The fraction of sp³-hybridized carbons (Fsp3) is 0.190. The molecule has 3 rings (SSSR count). The maximum atomic E-state index is 13.6. The minimum atomic E-state index is -3.78. The molecule has 0 saturated heterocycles. The molecule has 3 aromatic rings. The second-order valence-electron chi connectivity index (χ2n) is 6.25. The highest BCUT2D eigenvalue weighted by Crippen LogP contribution is 2.32. The van der Waals surface area contributed by atoms with Crippen LogP contribution in [0.5, 0.6) is 11.5 Å². The first-order valence-electron chi connectivity index (χ1n) is 8.97. The molecule has 0 unspecified atom stereocenters. The number of amides is 1. The Bertz CT molecular complexity index is 1080. The Kier molecular flexibility index (Phi) is 7.07. The van der Waals surface area contributed by atoms with Gasteiger partial charge in [-0.1, -0.05) is 18.2 Å². The van der Waals surface area contributed by atoms with Gasteiger partial charge in [-0.05, 0) is 47.8 Å². The number of rotatable bonds is 9. The highest BCUT2D eigenvalue weighted by atomic mass is 32.2. The fourth-order valence-electron chi connectivity index (χ4n) is 2.73. The summed E-state index contributed by atoms with van der Waals surface area (Å²) < 4.78 is 50.2. The molecular weight excluding hydrogens is 429 g/mol. The Morgan fingerprint density at radius 3 is 2.47 bits per heavy atom. The van der Waals surface area contributed by atoms with E-state index in [1.807, 2.05) is 0 Å². The Morgan fingerprint density at radius 1 is 1.10 bits per heavy atom. The van der Waals surface area contributed by atoms with Crippen molar-refractivity contribution < 1.29 is 27.1 Å². The van der Waals surface area contributed by atoms with Crippen LogP contribution in [-0.2, 0) is 14.6 Å². The molecule has 0 aliphatic rings. The van der Waals surface area contributed by atoms with Crippen LogP contribution < -0.4 is 14.8 Å². The smallest absolute Gasteiger partial charge is 0.257 e. The van der Waals surface area contributed by atoms with Crippen molar-refractivity contribution in [2.45, 2.75) is 10.1 Å². The second-order valence-corrected chi connectivity index (χ2v) is 9.36. The van der Waals surface area contributed by atoms with Crippen molar-refractivity contribution in [1.82, 2.24) is 5.32 Å². The van der Waals surface area contributed by atoms with Crippen molar-refractivity contribution in [3.63, 3.8) is 0 Å². The van der Waals surface area contributed by atoms with Crippen molar-refractivity contribution in [2.24, 2.45) is 0 Å². The van der Waals surface area contributed by atoms with Crippen LogP contribution in [0, 0.1) is 5.82 Å². The van der Waals surface area contributed by atoms with E-state index in [-0.39, 0.29) is 17.2 Å². The van der Waals surface area contributed by atoms with E-state index < -0.39 is 33.4 Å². The number of carbonyl (C=O) groups excluding carboxylic acids is 1. The molecule has 158 valence electrons. The van der Waals surface area contributed by atoms with Gasteiger partial charge in [0, 0.05) is 11.4 Å². The number of carbonyl (C=O) groups is 1. The topological polar surface area (TPSA) is 81.7 Å². The lowest BCUT2D eigenvalue weighted by Crippen LogP contribution is -2.34. The van der Waals surface area contributed by atoms with Crippen LogP contribution in [0.3, 0.4) is 0 Å². The fourth-order valence-corrected chi connectivity index (χ4v) is 5.51. The molecule has 0 fully saturated rings. The highest BCUT2D eigenvalue weighted by molar-refractivity contribution is 7.91. The number of thiophene rings is 1. The van der Waals surface area contributed by atoms with Gasteiger partial charge in [0.2, 0.25) is 0 Å². The third-order valence-electron chi connectivity index (χ3n) is 4.30. The Hall–Kier alpha value is -2.91. The van der Waals surface area contributed by atoms with Crippen LogP contribution in [0.4, 0.5) is 4.39 Å². The first-order chi connectivity index (χ1) is 14.4. The third kappa shape index (κ3) is 5.17. The Morgan fingerprint density at radius 2 is 1.83 bits per heavy atom. The van der Waals surface area contributed by atoms with Gasteiger partial charge in [-0.15, -0.1) is 11.3 Å². The van der Waals surface area contributed by atoms with Crippen LogP contribution in [0.25, 0.3) is 0 Å². The standard InChI is InChI=1S/C21H20FNO5S2/c1-27-15-8-10-16(11-9-15)30(25,26)20(19-7-4-12-29-19)13-23-21(24)14-28-18-6-3-2-5-17(18)22/h2-12,20H,13-14H2,1H3,(H,23,24)/t20-/m1/s1. The zero-order chi connectivity index (χ0) is 21.6. The average molecular weight is 450 g/mol. The molecule has 1 heterocycles. The molecule has 9 heteroatoms. The number of sulfone groups is 1. The lowest BCUT2D eigenvalue weighted by Gasteiger charge is -2.18. The predicted octanol–water partition coefficient (Wildman–Crippen LogP) is 3.61. The van der Waals surface area contributed by atoms with E-state index in [9.17, 15) is 17.6 Å². The molecule has 6 nitrogen and oxygen atoms in total. The normalized spacial score (nSPS) is 12.2. The van der Waals surface area contributed by atoms with Gasteiger partial charge in [-0.2, -0.15) is 0 Å². The lowest BCUT2D eigenvalue weighted by molar-refractivity contribution is -0.123. The number of para-hydroxylation sites is 1. The third-order valence-corrected chi connectivity index (χ3v) is 7.54. The molecule has 0 radical (unpaired) electrons. The number of benzene rings is 2. The average Bonchev–Trinajstić information content (AvgIpc) is 3.27. The Labute approximate surface area is 178 Å². The molecule has 0 aliphatic carbocycles. The van der Waals surface area contributed by atoms with Crippen LogP contribution in [0.15, 0.2) is 70.9 Å². The minimum Gasteiger partial charge on any atom is -0.497 e. The lowest BCUT2D eigenvalue weighted by atomic mass is 10.3. The SMILES string of the molecule is COc1ccc(S(=O)(=O)[C@H](CNC(=O)COc2ccccc2F)c2cccs2)cc1. The first kappa shape index (κ1) is 21.8. The number of ether oxygens (including phenoxy) is 2. The molecule has 1 N–H and O–H groups in total. The maximum absolute atomic E-state index is 13.6. The van der Waals surface area contributed by atoms with E-state index in [1.165, 1.54) is 48.8 Å². The van der Waals surface area contributed by atoms with Crippen molar-refractivity contribution in [2.75, 3.05) is 20.3 Å². The molecule has 2 aromatic carbocycles. The molecule has 30 heavy (non-hydrogen) atoms. The van der Waals surface area contributed by atoms with Crippen molar-refractivity contribution in [3.8, 4) is 11.5 Å². The molecular formula is C21H20FNO5S2. The van der Waals surface area contributed by atoms with Crippen molar-refractivity contribution in [1.29, 1.82) is 0 Å². The molecule has 0 spiro atoms. The molecule has 1 aromatic heterocycles. The quantitative estimate of drug-likeness (QED) is 0.540. The van der Waals surface area contributed by atoms with E-state index >= 15 is 0 Å². The van der Waals surface area contributed by atoms with Crippen molar-refractivity contribution >= 4 is 27.1 Å². The van der Waals surface area contributed by atoms with E-state index in [0.29, 0.717) is 10.6 Å². The number of hydrogen-bond donors (Lipinski definition) is 1. The van der Waals surface area contributed by atoms with Gasteiger partial charge in [0.05, 0.1) is 12.0 Å². The predicted molar refractivity (Wildman–Crippen MR) is 112 cm³/mol. The molecule has 0 aliphatic heterocycles. The van der Waals surface area contributed by atoms with Gasteiger partial charge in [0.25, 0.3) is 5.91 Å². The molecule has 1 atom stereocenters. The van der Waals surface area contributed by atoms with E-state index in [1.54, 1.807) is 35.7 Å². The van der Waals surface area contributed by atoms with Gasteiger partial charge >= 0.3 is 0 Å². The zero-order valence-corrected chi connectivity index (χ0v) is 17.7. The second kappa shape index (κ2) is 9.73. The van der Waals surface area contributed by atoms with Gasteiger partial charge in [0.15, 0.2) is 28.0 Å². The summed E-state index contributed by atoms with van der Waals surface area (Å²) >= 11 is 1.29. The number of nitrogens with one attached hydrogen (secondary N) is 1. The number of hydrogen-bond acceptors (Lipinski definition) is 6. The van der Waals surface area contributed by atoms with Gasteiger partial charge < -0.3 is 14.8 Å². The molecule has 0 saturated carbocycles.